The highest BCUT2D eigenvalue weighted by atomic mass is 79.9. The summed E-state index contributed by atoms with van der Waals surface area (Å²) in [5, 5.41) is 22.7. The molecule has 43 heavy (non-hydrogen) atoms. The van der Waals surface area contributed by atoms with E-state index < -0.39 is 17.7 Å². The maximum absolute atomic E-state index is 13.5. The molecule has 1 heterocycles. The van der Waals surface area contributed by atoms with Crippen molar-refractivity contribution in [3.05, 3.63) is 52.5 Å². The number of methoxy groups -OCH3 is 1. The number of nitrogens with zero attached hydrogens (tertiary/aromatic N) is 3. The molecule has 13 heteroatoms. The lowest BCUT2D eigenvalue weighted by Gasteiger charge is -2.29. The predicted octanol–water partition coefficient (Wildman–Crippen LogP) is 4.63. The summed E-state index contributed by atoms with van der Waals surface area (Å²) in [4.78, 5) is 38.9. The van der Waals surface area contributed by atoms with Crippen LogP contribution in [0, 0.1) is 11.8 Å². The average Bonchev–Trinajstić information content (AvgIpc) is 3.51. The van der Waals surface area contributed by atoms with Gasteiger partial charge in [-0.05, 0) is 115 Å². The molecule has 1 aromatic heterocycles. The number of tetrazole rings is 1. The van der Waals surface area contributed by atoms with E-state index in [1.807, 2.05) is 39.0 Å². The zero-order valence-corrected chi connectivity index (χ0v) is 26.4. The molecular weight excluding hydrogens is 618 g/mol. The molecule has 0 bridgehead atoms. The van der Waals surface area contributed by atoms with Gasteiger partial charge in [0.15, 0.2) is 0 Å². The van der Waals surface area contributed by atoms with Gasteiger partial charge in [0.25, 0.3) is 0 Å². The minimum Gasteiger partial charge on any atom is -0.496 e. The molecule has 2 aromatic carbocycles. The number of alkyl carbamates (subject to hydrolysis) is 1. The number of aromatic amines is 1. The van der Waals surface area contributed by atoms with Crippen LogP contribution in [0.3, 0.4) is 0 Å². The Hall–Kier alpha value is -4.00. The Morgan fingerprint density at radius 3 is 2.40 bits per heavy atom. The van der Waals surface area contributed by atoms with Crippen LogP contribution in [0.4, 0.5) is 10.5 Å². The lowest BCUT2D eigenvalue weighted by Crippen LogP contribution is -2.48. The SMILES string of the molecule is COc1ccc(C[C@H](NC(=O)[C@H]2CC[C@H](CNC(=O)OC(C)(C)C)CC2)C(=O)Nc2ccc(-c3nn[nH]n3)cc2)cc1Br. The molecule has 0 aliphatic heterocycles. The van der Waals surface area contributed by atoms with Gasteiger partial charge in [-0.1, -0.05) is 6.07 Å². The van der Waals surface area contributed by atoms with E-state index in [4.69, 9.17) is 9.47 Å². The highest BCUT2D eigenvalue weighted by Crippen LogP contribution is 2.30. The fraction of sp³-hybridized carbons (Fsp3) is 0.467. The molecule has 12 nitrogen and oxygen atoms in total. The van der Waals surface area contributed by atoms with Crippen LogP contribution < -0.4 is 20.7 Å². The normalized spacial score (nSPS) is 17.4. The van der Waals surface area contributed by atoms with Gasteiger partial charge in [-0.15, -0.1) is 10.2 Å². The van der Waals surface area contributed by atoms with Crippen molar-refractivity contribution in [2.45, 2.75) is 64.5 Å². The van der Waals surface area contributed by atoms with Gasteiger partial charge in [0.1, 0.15) is 17.4 Å². The second-order valence-corrected chi connectivity index (χ2v) is 12.5. The summed E-state index contributed by atoms with van der Waals surface area (Å²) >= 11 is 3.50. The Labute approximate surface area is 259 Å². The number of carbonyl (C=O) groups excluding carboxylic acids is 3. The van der Waals surface area contributed by atoms with Gasteiger partial charge in [-0.3, -0.25) is 9.59 Å². The zero-order chi connectivity index (χ0) is 31.0. The van der Waals surface area contributed by atoms with Crippen molar-refractivity contribution in [3.8, 4) is 17.1 Å². The molecule has 4 N–H and O–H groups in total. The summed E-state index contributed by atoms with van der Waals surface area (Å²) in [5.41, 5.74) is 1.63. The highest BCUT2D eigenvalue weighted by Gasteiger charge is 2.30. The van der Waals surface area contributed by atoms with Crippen molar-refractivity contribution in [1.82, 2.24) is 31.3 Å². The Bertz CT molecular complexity index is 1380. The fourth-order valence-corrected chi connectivity index (χ4v) is 5.55. The van der Waals surface area contributed by atoms with Gasteiger partial charge >= 0.3 is 6.09 Å². The van der Waals surface area contributed by atoms with E-state index in [1.165, 1.54) is 0 Å². The Balaban J connectivity index is 1.38. The van der Waals surface area contributed by atoms with Crippen molar-refractivity contribution in [2.24, 2.45) is 11.8 Å². The fourth-order valence-electron chi connectivity index (χ4n) is 4.96. The Morgan fingerprint density at radius 2 is 1.79 bits per heavy atom. The van der Waals surface area contributed by atoms with E-state index in [0.29, 0.717) is 36.6 Å². The van der Waals surface area contributed by atoms with Gasteiger partial charge in [0.05, 0.1) is 11.6 Å². The first kappa shape index (κ1) is 31.9. The molecule has 0 spiro atoms. The van der Waals surface area contributed by atoms with Crippen LogP contribution in [0.2, 0.25) is 0 Å². The summed E-state index contributed by atoms with van der Waals surface area (Å²) in [7, 11) is 1.59. The molecule has 4 rings (SSSR count). The summed E-state index contributed by atoms with van der Waals surface area (Å²) in [5.74, 6) is 0.686. The third-order valence-corrected chi connectivity index (χ3v) is 7.82. The molecule has 1 aliphatic carbocycles. The summed E-state index contributed by atoms with van der Waals surface area (Å²) in [6.07, 6.45) is 2.79. The van der Waals surface area contributed by atoms with Gasteiger partial charge in [-0.2, -0.15) is 5.21 Å². The molecule has 0 radical (unpaired) electrons. The molecule has 1 fully saturated rings. The maximum Gasteiger partial charge on any atom is 0.407 e. The number of nitrogens with one attached hydrogen (secondary N) is 4. The second-order valence-electron chi connectivity index (χ2n) is 11.6. The molecule has 3 aromatic rings. The Kier molecular flexibility index (Phi) is 10.7. The van der Waals surface area contributed by atoms with Gasteiger partial charge in [0, 0.05) is 30.1 Å². The van der Waals surface area contributed by atoms with Crippen LogP contribution in [0.25, 0.3) is 11.4 Å². The number of benzene rings is 2. The summed E-state index contributed by atoms with van der Waals surface area (Å²) < 4.78 is 11.4. The Morgan fingerprint density at radius 1 is 1.07 bits per heavy atom. The van der Waals surface area contributed by atoms with Crippen LogP contribution >= 0.6 is 15.9 Å². The van der Waals surface area contributed by atoms with Crippen molar-refractivity contribution in [3.63, 3.8) is 0 Å². The standard InChI is InChI=1S/C30H38BrN7O5/c1-30(2,3)43-29(41)32-17-18-5-8-21(9-6-18)27(39)34-24(16-19-7-14-25(42-4)23(31)15-19)28(40)33-22-12-10-20(11-13-22)26-35-37-38-36-26/h7,10-15,18,21,24H,5-6,8-9,16-17H2,1-4H3,(H,32,41)(H,33,40)(H,34,39)(H,35,36,37,38)/t18-,21-,24-/m0/s1. The van der Waals surface area contributed by atoms with Crippen LogP contribution in [-0.4, -0.2) is 63.8 Å². The quantitative estimate of drug-likeness (QED) is 0.246. The van der Waals surface area contributed by atoms with Crippen LogP contribution in [0.1, 0.15) is 52.0 Å². The zero-order valence-electron chi connectivity index (χ0n) is 24.8. The molecule has 1 saturated carbocycles. The highest BCUT2D eigenvalue weighted by molar-refractivity contribution is 9.10. The number of H-pyrrole nitrogens is 1. The minimum atomic E-state index is -0.809. The van der Waals surface area contributed by atoms with Crippen LogP contribution in [0.15, 0.2) is 46.9 Å². The van der Waals surface area contributed by atoms with E-state index in [9.17, 15) is 14.4 Å². The number of rotatable bonds is 10. The van der Waals surface area contributed by atoms with Crippen molar-refractivity contribution in [2.75, 3.05) is 19.0 Å². The van der Waals surface area contributed by atoms with Crippen LogP contribution in [-0.2, 0) is 20.7 Å². The molecule has 3 amide bonds. The summed E-state index contributed by atoms with van der Waals surface area (Å²) in [6.45, 7) is 5.98. The molecular formula is C30H38BrN7O5. The number of amides is 3. The van der Waals surface area contributed by atoms with Crippen molar-refractivity contribution >= 4 is 39.5 Å². The lowest BCUT2D eigenvalue weighted by atomic mass is 9.81. The number of hydrogen-bond donors (Lipinski definition) is 4. The van der Waals surface area contributed by atoms with Gasteiger partial charge in [-0.25, -0.2) is 4.79 Å². The first-order valence-electron chi connectivity index (χ1n) is 14.2. The molecule has 230 valence electrons. The molecule has 0 unspecified atom stereocenters. The molecule has 1 aliphatic rings. The van der Waals surface area contributed by atoms with E-state index >= 15 is 0 Å². The maximum atomic E-state index is 13.5. The molecule has 1 atom stereocenters. The van der Waals surface area contributed by atoms with Crippen molar-refractivity contribution < 1.29 is 23.9 Å². The second kappa shape index (κ2) is 14.5. The third kappa shape index (κ3) is 9.50. The monoisotopic (exact) mass is 655 g/mol. The predicted molar refractivity (Wildman–Crippen MR) is 164 cm³/mol. The molecule has 0 saturated heterocycles. The van der Waals surface area contributed by atoms with Gasteiger partial charge < -0.3 is 25.4 Å². The number of hydrogen-bond acceptors (Lipinski definition) is 8. The van der Waals surface area contributed by atoms with E-state index in [2.05, 4.69) is 52.5 Å². The van der Waals surface area contributed by atoms with E-state index in [-0.39, 0.29) is 30.1 Å². The third-order valence-electron chi connectivity index (χ3n) is 7.20. The number of ether oxygens (including phenoxy) is 2. The van der Waals surface area contributed by atoms with E-state index in [1.54, 1.807) is 31.4 Å². The van der Waals surface area contributed by atoms with E-state index in [0.717, 1.165) is 28.4 Å². The van der Waals surface area contributed by atoms with Crippen LogP contribution in [0.5, 0.6) is 5.75 Å². The average molecular weight is 657 g/mol. The lowest BCUT2D eigenvalue weighted by molar-refractivity contribution is -0.130. The largest absolute Gasteiger partial charge is 0.496 e. The smallest absolute Gasteiger partial charge is 0.407 e. The number of carbonyl (C=O) groups is 3. The number of halogens is 1. The topological polar surface area (TPSA) is 160 Å². The number of anilines is 1. The first-order valence-corrected chi connectivity index (χ1v) is 15.0. The summed E-state index contributed by atoms with van der Waals surface area (Å²) in [6, 6.07) is 11.8. The first-order chi connectivity index (χ1) is 20.5. The number of aromatic nitrogens is 4. The minimum absolute atomic E-state index is 0.154. The van der Waals surface area contributed by atoms with Gasteiger partial charge in [0.2, 0.25) is 17.6 Å². The van der Waals surface area contributed by atoms with Crippen molar-refractivity contribution in [1.29, 1.82) is 0 Å².